The number of unbranched alkanes of at least 4 members (excludes halogenated alkanes) is 18. The summed E-state index contributed by atoms with van der Waals surface area (Å²) in [4.78, 5) is 5.23. The van der Waals surface area contributed by atoms with Gasteiger partial charge in [-0.3, -0.25) is 0 Å². The molecule has 0 bridgehead atoms. The predicted molar refractivity (Wildman–Crippen MR) is 145 cm³/mol. The molecule has 190 valence electrons. The van der Waals surface area contributed by atoms with Crippen LogP contribution in [-0.4, -0.2) is 28.6 Å². The van der Waals surface area contributed by atoms with Gasteiger partial charge < -0.3 is 9.80 Å². The van der Waals surface area contributed by atoms with Gasteiger partial charge in [0.2, 0.25) is 0 Å². The third kappa shape index (κ3) is 14.5. The monoisotopic (exact) mass is 448 g/mol. The summed E-state index contributed by atoms with van der Waals surface area (Å²) in [5.74, 6) is 0. The van der Waals surface area contributed by atoms with E-state index < -0.39 is 0 Å². The molecule has 0 aromatic carbocycles. The summed E-state index contributed by atoms with van der Waals surface area (Å²) in [5, 5.41) is 0. The molecule has 1 rings (SSSR count). The predicted octanol–water partition coefficient (Wildman–Crippen LogP) is 10.0. The Bertz CT molecular complexity index is 417. The van der Waals surface area contributed by atoms with E-state index in [4.69, 9.17) is 0 Å². The van der Waals surface area contributed by atoms with E-state index in [2.05, 4.69) is 49.9 Å². The summed E-state index contributed by atoms with van der Waals surface area (Å²) in [6.45, 7) is 10.5. The maximum absolute atomic E-state index is 2.64. The number of nitrogens with zero attached hydrogens (tertiary/aromatic N) is 2. The van der Waals surface area contributed by atoms with Crippen molar-refractivity contribution in [3.63, 3.8) is 0 Å². The molecular formula is C30H60N2. The minimum absolute atomic E-state index is 0.609. The van der Waals surface area contributed by atoms with E-state index in [1.807, 2.05) is 0 Å². The Kier molecular flexibility index (Phi) is 19.2. The van der Waals surface area contributed by atoms with Gasteiger partial charge in [-0.05, 0) is 33.1 Å². The summed E-state index contributed by atoms with van der Waals surface area (Å²) in [6.07, 6.45) is 35.3. The summed E-state index contributed by atoms with van der Waals surface area (Å²) in [7, 11) is 0. The number of rotatable bonds is 23. The van der Waals surface area contributed by atoms with Crippen LogP contribution in [0.3, 0.4) is 0 Å². The Balaban J connectivity index is 1.99. The normalized spacial score (nSPS) is 16.1. The van der Waals surface area contributed by atoms with E-state index in [1.54, 1.807) is 0 Å². The lowest BCUT2D eigenvalue weighted by Crippen LogP contribution is -2.42. The molecule has 0 fully saturated rings. The van der Waals surface area contributed by atoms with Crippen molar-refractivity contribution in [1.29, 1.82) is 0 Å². The SMILES string of the molecule is CCCCCCCCCCCCCCCCCN1C=CN(C(C)C)C1CCCCCCC. The quantitative estimate of drug-likeness (QED) is 0.143. The van der Waals surface area contributed by atoms with Gasteiger partial charge in [0.05, 0.1) is 0 Å². The molecule has 0 saturated carbocycles. The molecule has 1 heterocycles. The molecule has 0 amide bonds. The molecule has 1 aliphatic rings. The minimum atomic E-state index is 0.609. The third-order valence-electron chi connectivity index (χ3n) is 7.34. The molecule has 2 nitrogen and oxygen atoms in total. The molecule has 0 spiro atoms. The summed E-state index contributed by atoms with van der Waals surface area (Å²) in [6, 6.07) is 0.609. The second-order valence-electron chi connectivity index (χ2n) is 10.7. The van der Waals surface area contributed by atoms with Gasteiger partial charge in [-0.25, -0.2) is 0 Å². The highest BCUT2D eigenvalue weighted by molar-refractivity contribution is 4.98. The zero-order chi connectivity index (χ0) is 23.3. The average Bonchev–Trinajstić information content (AvgIpc) is 3.19. The van der Waals surface area contributed by atoms with Crippen molar-refractivity contribution in [3.8, 4) is 0 Å². The van der Waals surface area contributed by atoms with E-state index in [-0.39, 0.29) is 0 Å². The van der Waals surface area contributed by atoms with Crippen LogP contribution in [0.1, 0.15) is 163 Å². The van der Waals surface area contributed by atoms with Gasteiger partial charge >= 0.3 is 0 Å². The van der Waals surface area contributed by atoms with Gasteiger partial charge in [0, 0.05) is 25.0 Å². The maximum atomic E-state index is 2.64. The van der Waals surface area contributed by atoms with Crippen LogP contribution in [-0.2, 0) is 0 Å². The molecule has 2 heteroatoms. The van der Waals surface area contributed by atoms with Crippen molar-refractivity contribution in [2.75, 3.05) is 6.54 Å². The first kappa shape index (κ1) is 29.4. The Morgan fingerprint density at radius 3 is 1.38 bits per heavy atom. The molecule has 0 aliphatic carbocycles. The van der Waals surface area contributed by atoms with Crippen molar-refractivity contribution in [2.45, 2.75) is 175 Å². The van der Waals surface area contributed by atoms with Crippen LogP contribution in [0.15, 0.2) is 12.4 Å². The van der Waals surface area contributed by atoms with Gasteiger partial charge in [-0.1, -0.05) is 129 Å². The largest absolute Gasteiger partial charge is 0.356 e. The van der Waals surface area contributed by atoms with Crippen molar-refractivity contribution in [3.05, 3.63) is 12.4 Å². The van der Waals surface area contributed by atoms with Crippen LogP contribution < -0.4 is 0 Å². The van der Waals surface area contributed by atoms with Crippen molar-refractivity contribution in [1.82, 2.24) is 9.80 Å². The summed E-state index contributed by atoms with van der Waals surface area (Å²) >= 11 is 0. The van der Waals surface area contributed by atoms with Crippen molar-refractivity contribution >= 4 is 0 Å². The zero-order valence-electron chi connectivity index (χ0n) is 22.8. The molecule has 32 heavy (non-hydrogen) atoms. The molecule has 0 aromatic heterocycles. The average molecular weight is 449 g/mol. The highest BCUT2D eigenvalue weighted by atomic mass is 15.4. The van der Waals surface area contributed by atoms with E-state index >= 15 is 0 Å². The number of hydrogen-bond donors (Lipinski definition) is 0. The molecule has 0 radical (unpaired) electrons. The molecule has 1 aliphatic heterocycles. The smallest absolute Gasteiger partial charge is 0.101 e. The van der Waals surface area contributed by atoms with Crippen LogP contribution in [0.4, 0.5) is 0 Å². The summed E-state index contributed by atoms with van der Waals surface area (Å²) < 4.78 is 0. The summed E-state index contributed by atoms with van der Waals surface area (Å²) in [5.41, 5.74) is 0. The molecule has 0 N–H and O–H groups in total. The maximum Gasteiger partial charge on any atom is 0.101 e. The zero-order valence-corrected chi connectivity index (χ0v) is 22.8. The lowest BCUT2D eigenvalue weighted by Gasteiger charge is -2.35. The van der Waals surface area contributed by atoms with Gasteiger partial charge in [-0.2, -0.15) is 0 Å². The van der Waals surface area contributed by atoms with E-state index in [1.165, 1.54) is 141 Å². The topological polar surface area (TPSA) is 6.48 Å². The van der Waals surface area contributed by atoms with Crippen LogP contribution in [0.2, 0.25) is 0 Å². The molecule has 1 atom stereocenters. The van der Waals surface area contributed by atoms with Crippen molar-refractivity contribution in [2.24, 2.45) is 0 Å². The molecule has 1 unspecified atom stereocenters. The fourth-order valence-electron chi connectivity index (χ4n) is 5.18. The second kappa shape index (κ2) is 20.9. The van der Waals surface area contributed by atoms with Crippen molar-refractivity contribution < 1.29 is 0 Å². The van der Waals surface area contributed by atoms with Gasteiger partial charge in [0.25, 0.3) is 0 Å². The molecule has 0 saturated heterocycles. The van der Waals surface area contributed by atoms with Gasteiger partial charge in [0.1, 0.15) is 6.17 Å². The fraction of sp³-hybridized carbons (Fsp3) is 0.933. The first-order valence-electron chi connectivity index (χ1n) is 14.9. The van der Waals surface area contributed by atoms with Crippen LogP contribution in [0.5, 0.6) is 0 Å². The standard InChI is InChI=1S/C30H60N2/c1-5-7-9-11-12-13-14-15-16-17-18-19-20-22-24-26-31-27-28-32(29(3)4)30(31)25-23-21-10-8-6-2/h27-30H,5-26H2,1-4H3. The van der Waals surface area contributed by atoms with Gasteiger partial charge in [-0.15, -0.1) is 0 Å². The molecular weight excluding hydrogens is 388 g/mol. The highest BCUT2D eigenvalue weighted by Gasteiger charge is 2.26. The Labute approximate surface area is 203 Å². The highest BCUT2D eigenvalue weighted by Crippen LogP contribution is 2.24. The van der Waals surface area contributed by atoms with Gasteiger partial charge in [0.15, 0.2) is 0 Å². The third-order valence-corrected chi connectivity index (χ3v) is 7.34. The Morgan fingerprint density at radius 1 is 0.531 bits per heavy atom. The Hall–Kier alpha value is -0.660. The van der Waals surface area contributed by atoms with Crippen LogP contribution in [0.25, 0.3) is 0 Å². The van der Waals surface area contributed by atoms with Crippen LogP contribution in [0, 0.1) is 0 Å². The minimum Gasteiger partial charge on any atom is -0.356 e. The number of hydrogen-bond acceptors (Lipinski definition) is 2. The first-order valence-corrected chi connectivity index (χ1v) is 14.9. The van der Waals surface area contributed by atoms with E-state index in [0.29, 0.717) is 12.2 Å². The Morgan fingerprint density at radius 2 is 0.938 bits per heavy atom. The van der Waals surface area contributed by atoms with E-state index in [0.717, 1.165) is 0 Å². The fourth-order valence-corrected chi connectivity index (χ4v) is 5.18. The lowest BCUT2D eigenvalue weighted by atomic mass is 10.0. The van der Waals surface area contributed by atoms with Crippen LogP contribution >= 0.6 is 0 Å². The lowest BCUT2D eigenvalue weighted by molar-refractivity contribution is 0.114. The molecule has 0 aromatic rings. The second-order valence-corrected chi connectivity index (χ2v) is 10.7. The first-order chi connectivity index (χ1) is 15.7. The van der Waals surface area contributed by atoms with E-state index in [9.17, 15) is 0 Å².